The molecule has 0 saturated carbocycles. The van der Waals surface area contributed by atoms with Crippen LogP contribution >= 0.6 is 0 Å². The molecule has 5 heteroatoms. The summed E-state index contributed by atoms with van der Waals surface area (Å²) in [5, 5.41) is 7.75. The molecule has 3 heterocycles. The molecule has 0 radical (unpaired) electrons. The zero-order valence-electron chi connectivity index (χ0n) is 32.1. The summed E-state index contributed by atoms with van der Waals surface area (Å²) in [5.74, 6) is 2.55. The van der Waals surface area contributed by atoms with Crippen molar-refractivity contribution in [3.63, 3.8) is 0 Å². The summed E-state index contributed by atoms with van der Waals surface area (Å²) in [7, 11) is -2.79. The molecule has 2 aliphatic heterocycles. The minimum absolute atomic E-state index is 0.305. The van der Waals surface area contributed by atoms with E-state index in [-0.39, 0.29) is 6.92 Å². The van der Waals surface area contributed by atoms with E-state index in [1.54, 1.807) is 0 Å². The van der Waals surface area contributed by atoms with Gasteiger partial charge in [0.25, 0.3) is 0 Å². The Labute approximate surface area is 344 Å². The second-order valence-corrected chi connectivity index (χ2v) is 19.4. The molecule has 276 valence electrons. The molecule has 3 nitrogen and oxygen atoms in total. The fourth-order valence-electron chi connectivity index (χ4n) is 9.83. The van der Waals surface area contributed by atoms with E-state index in [9.17, 15) is 0 Å². The lowest BCUT2D eigenvalue weighted by molar-refractivity contribution is 0.480. The smallest absolute Gasteiger partial charge is 0.434 e. The summed E-state index contributed by atoms with van der Waals surface area (Å²) < 4.78 is 16.5. The molecule has 0 N–H and O–H groups in total. The van der Waals surface area contributed by atoms with Crippen LogP contribution in [0, 0.1) is 0 Å². The molecule has 9 aromatic carbocycles. The molecule has 59 heavy (non-hydrogen) atoms. The molecule has 12 rings (SSSR count). The molecule has 2 aliphatic rings. The highest BCUT2D eigenvalue weighted by molar-refractivity contribution is 7.20. The normalized spacial score (nSPS) is 12.6. The molecule has 0 atom stereocenters. The van der Waals surface area contributed by atoms with Gasteiger partial charge < -0.3 is 14.0 Å². The molecular formula is C54H36BNO2Si. The standard InChI is InChI=1S/C54H36BNO2Si/c1-4-16-40(17-5-1)59(41-18-6-2-7-19-41,42-20-8-3-9-21-42)43-32-33-48-52(36-43)57-53-35-38(34-47-46-24-12-15-27-51(46)58-55(48)54(47)53)37-28-30-39(31-29-37)56-49-25-13-10-22-44(49)45-23-11-14-26-50(45)56/h1-36H. The van der Waals surface area contributed by atoms with Gasteiger partial charge in [-0.05, 0) is 86.0 Å². The molecule has 1 aromatic heterocycles. The Morgan fingerprint density at radius 2 is 0.949 bits per heavy atom. The lowest BCUT2D eigenvalue weighted by atomic mass is 9.50. The predicted octanol–water partition coefficient (Wildman–Crippen LogP) is 9.10. The largest absolute Gasteiger partial charge is 0.551 e. The van der Waals surface area contributed by atoms with Crippen molar-refractivity contribution in [1.29, 1.82) is 0 Å². The van der Waals surface area contributed by atoms with E-state index >= 15 is 0 Å². The number of hydrogen-bond acceptors (Lipinski definition) is 2. The van der Waals surface area contributed by atoms with Gasteiger partial charge >= 0.3 is 6.92 Å². The van der Waals surface area contributed by atoms with Crippen LogP contribution in [0.3, 0.4) is 0 Å². The zero-order chi connectivity index (χ0) is 38.9. The van der Waals surface area contributed by atoms with Crippen LogP contribution in [0.1, 0.15) is 0 Å². The highest BCUT2D eigenvalue weighted by Gasteiger charge is 2.45. The number of rotatable bonds is 6. The molecule has 0 aliphatic carbocycles. The van der Waals surface area contributed by atoms with Crippen LogP contribution in [0.4, 0.5) is 0 Å². The van der Waals surface area contributed by atoms with Crippen molar-refractivity contribution in [2.24, 2.45) is 0 Å². The number of ether oxygens (including phenoxy) is 1. The van der Waals surface area contributed by atoms with Crippen molar-refractivity contribution < 1.29 is 9.39 Å². The summed E-state index contributed by atoms with van der Waals surface area (Å²) in [5.41, 5.74) is 10.1. The maximum absolute atomic E-state index is 7.16. The number of para-hydroxylation sites is 3. The highest BCUT2D eigenvalue weighted by atomic mass is 28.3. The fourth-order valence-corrected chi connectivity index (χ4v) is 14.6. The topological polar surface area (TPSA) is 23.4 Å². The van der Waals surface area contributed by atoms with E-state index in [0.29, 0.717) is 0 Å². The molecule has 10 aromatic rings. The summed E-state index contributed by atoms with van der Waals surface area (Å²) in [6.45, 7) is -0.305. The first kappa shape index (κ1) is 33.8. The monoisotopic (exact) mass is 769 g/mol. The first-order valence-corrected chi connectivity index (χ1v) is 22.3. The van der Waals surface area contributed by atoms with Crippen molar-refractivity contribution in [2.75, 3.05) is 0 Å². The molecule has 0 amide bonds. The van der Waals surface area contributed by atoms with Crippen LogP contribution in [-0.2, 0) is 0 Å². The third-order valence-electron chi connectivity index (χ3n) is 12.4. The van der Waals surface area contributed by atoms with Gasteiger partial charge in [0.15, 0.2) is 8.07 Å². The Morgan fingerprint density at radius 1 is 0.390 bits per heavy atom. The van der Waals surface area contributed by atoms with Crippen LogP contribution in [0.5, 0.6) is 17.2 Å². The Hall–Kier alpha value is -7.34. The molecule has 0 saturated heterocycles. The molecule has 0 spiro atoms. The molecular weight excluding hydrogens is 733 g/mol. The molecule has 0 fully saturated rings. The van der Waals surface area contributed by atoms with E-state index in [4.69, 9.17) is 9.39 Å². The zero-order valence-corrected chi connectivity index (χ0v) is 33.1. The minimum Gasteiger partial charge on any atom is -0.551 e. The Balaban J connectivity index is 1.02. The first-order chi connectivity index (χ1) is 29.3. The average molecular weight is 770 g/mol. The Kier molecular flexibility index (Phi) is 7.65. The number of aromatic nitrogens is 1. The number of nitrogens with zero attached hydrogens (tertiary/aromatic N) is 1. The van der Waals surface area contributed by atoms with Crippen molar-refractivity contribution >= 4 is 68.5 Å². The van der Waals surface area contributed by atoms with Gasteiger partial charge in [-0.1, -0.05) is 170 Å². The van der Waals surface area contributed by atoms with Crippen LogP contribution in [0.2, 0.25) is 0 Å². The van der Waals surface area contributed by atoms with Gasteiger partial charge in [0.1, 0.15) is 17.2 Å². The predicted molar refractivity (Wildman–Crippen MR) is 247 cm³/mol. The van der Waals surface area contributed by atoms with E-state index in [1.165, 1.54) is 42.6 Å². The number of fused-ring (bicyclic) bond motifs is 7. The summed E-state index contributed by atoms with van der Waals surface area (Å²) in [6, 6.07) is 79.2. The fraction of sp³-hybridized carbons (Fsp3) is 0. The lowest BCUT2D eigenvalue weighted by Crippen LogP contribution is -2.75. The summed E-state index contributed by atoms with van der Waals surface area (Å²) >= 11 is 0. The van der Waals surface area contributed by atoms with Gasteiger partial charge in [0.05, 0.1) is 11.0 Å². The van der Waals surface area contributed by atoms with Gasteiger partial charge in [-0.3, -0.25) is 0 Å². The van der Waals surface area contributed by atoms with E-state index in [2.05, 4.69) is 223 Å². The third kappa shape index (κ3) is 5.15. The Morgan fingerprint density at radius 3 is 1.58 bits per heavy atom. The summed E-state index contributed by atoms with van der Waals surface area (Å²) in [4.78, 5) is 0. The van der Waals surface area contributed by atoms with Crippen LogP contribution in [0.25, 0.3) is 49.7 Å². The van der Waals surface area contributed by atoms with Gasteiger partial charge in [0.2, 0.25) is 0 Å². The third-order valence-corrected chi connectivity index (χ3v) is 17.2. The van der Waals surface area contributed by atoms with Gasteiger partial charge in [0, 0.05) is 32.9 Å². The maximum Gasteiger partial charge on any atom is 0.434 e. The first-order valence-electron chi connectivity index (χ1n) is 20.3. The average Bonchev–Trinajstić information content (AvgIpc) is 3.65. The second kappa shape index (κ2) is 13.4. The van der Waals surface area contributed by atoms with Gasteiger partial charge in [-0.15, -0.1) is 0 Å². The minimum atomic E-state index is -2.79. The SMILES string of the molecule is c1ccc([Si](c2ccccc2)(c2ccccc2)c2ccc3c(c2)Oc2cc(-c4ccc(-n5c6ccccc6c6ccccc65)cc4)cc4c2B3Oc2ccccc2-4)cc1. The summed E-state index contributed by atoms with van der Waals surface area (Å²) in [6.07, 6.45) is 0. The highest BCUT2D eigenvalue weighted by Crippen LogP contribution is 2.42. The quantitative estimate of drug-likeness (QED) is 0.125. The molecule has 0 unspecified atom stereocenters. The van der Waals surface area contributed by atoms with Crippen LogP contribution < -0.4 is 41.1 Å². The van der Waals surface area contributed by atoms with Crippen molar-refractivity contribution in [3.05, 3.63) is 218 Å². The van der Waals surface area contributed by atoms with E-state index in [0.717, 1.165) is 56.1 Å². The Bertz CT molecular complexity index is 3070. The van der Waals surface area contributed by atoms with Gasteiger partial charge in [-0.25, -0.2) is 0 Å². The second-order valence-electron chi connectivity index (χ2n) is 15.5. The van der Waals surface area contributed by atoms with Crippen molar-refractivity contribution in [3.8, 4) is 45.2 Å². The molecule has 0 bridgehead atoms. The number of benzene rings is 9. The van der Waals surface area contributed by atoms with E-state index in [1.807, 2.05) is 0 Å². The van der Waals surface area contributed by atoms with Gasteiger partial charge in [-0.2, -0.15) is 0 Å². The van der Waals surface area contributed by atoms with Crippen LogP contribution in [0.15, 0.2) is 218 Å². The maximum atomic E-state index is 7.16. The number of hydrogen-bond donors (Lipinski definition) is 0. The van der Waals surface area contributed by atoms with E-state index < -0.39 is 8.07 Å². The van der Waals surface area contributed by atoms with Crippen LogP contribution in [-0.4, -0.2) is 19.6 Å². The lowest BCUT2D eigenvalue weighted by Gasteiger charge is -2.36. The van der Waals surface area contributed by atoms with Crippen molar-refractivity contribution in [2.45, 2.75) is 0 Å². The van der Waals surface area contributed by atoms with Crippen molar-refractivity contribution in [1.82, 2.24) is 4.57 Å².